The Kier molecular flexibility index (Phi) is 4.74. The zero-order valence-corrected chi connectivity index (χ0v) is 14.4. The second-order valence-electron chi connectivity index (χ2n) is 6.53. The smallest absolute Gasteiger partial charge is 0.219 e. The van der Waals surface area contributed by atoms with E-state index in [-0.39, 0.29) is 5.91 Å². The molecule has 0 spiro atoms. The van der Waals surface area contributed by atoms with Gasteiger partial charge in [-0.3, -0.25) is 9.78 Å². The molecule has 126 valence electrons. The number of amides is 1. The summed E-state index contributed by atoms with van der Waals surface area (Å²) in [6.45, 7) is 8.05. The molecule has 0 unspecified atom stereocenters. The van der Waals surface area contributed by atoms with Crippen LogP contribution in [0.1, 0.15) is 32.0 Å². The molecule has 3 rings (SSSR count). The predicted octanol–water partition coefficient (Wildman–Crippen LogP) is 2.51. The van der Waals surface area contributed by atoms with Crippen LogP contribution in [-0.4, -0.2) is 38.8 Å². The number of carbonyl (C=O) groups is 1. The van der Waals surface area contributed by atoms with Crippen molar-refractivity contribution < 1.29 is 4.79 Å². The van der Waals surface area contributed by atoms with Crippen molar-refractivity contribution in [3.05, 3.63) is 35.8 Å². The molecular formula is C18H23N5O. The molecule has 0 fully saturated rings. The van der Waals surface area contributed by atoms with Crippen LogP contribution < -0.4 is 5.32 Å². The highest BCUT2D eigenvalue weighted by atomic mass is 16.2. The molecule has 0 saturated carbocycles. The molecule has 2 aromatic rings. The van der Waals surface area contributed by atoms with Gasteiger partial charge in [-0.1, -0.05) is 13.8 Å². The Bertz CT molecular complexity index is 730. The molecule has 0 radical (unpaired) electrons. The fourth-order valence-corrected chi connectivity index (χ4v) is 2.77. The van der Waals surface area contributed by atoms with Crippen LogP contribution in [0.5, 0.6) is 0 Å². The van der Waals surface area contributed by atoms with Crippen LogP contribution in [0, 0.1) is 5.92 Å². The number of aromatic nitrogens is 3. The van der Waals surface area contributed by atoms with Gasteiger partial charge in [0.2, 0.25) is 5.91 Å². The predicted molar refractivity (Wildman–Crippen MR) is 93.4 cm³/mol. The van der Waals surface area contributed by atoms with Gasteiger partial charge >= 0.3 is 0 Å². The number of rotatable bonds is 4. The van der Waals surface area contributed by atoms with Gasteiger partial charge in [-0.2, -0.15) is 0 Å². The quantitative estimate of drug-likeness (QED) is 0.935. The Hall–Kier alpha value is -2.50. The van der Waals surface area contributed by atoms with Crippen LogP contribution in [0.4, 0.5) is 5.82 Å². The summed E-state index contributed by atoms with van der Waals surface area (Å²) in [4.78, 5) is 27.2. The fourth-order valence-electron chi connectivity index (χ4n) is 2.77. The van der Waals surface area contributed by atoms with E-state index in [0.29, 0.717) is 24.8 Å². The van der Waals surface area contributed by atoms with Crippen LogP contribution in [0.3, 0.4) is 0 Å². The Morgan fingerprint density at radius 2 is 2.21 bits per heavy atom. The van der Waals surface area contributed by atoms with Crippen molar-refractivity contribution in [2.75, 3.05) is 18.4 Å². The molecule has 0 aliphatic carbocycles. The second-order valence-corrected chi connectivity index (χ2v) is 6.53. The van der Waals surface area contributed by atoms with Crippen molar-refractivity contribution in [3.8, 4) is 11.4 Å². The van der Waals surface area contributed by atoms with Crippen molar-refractivity contribution in [3.63, 3.8) is 0 Å². The monoisotopic (exact) mass is 325 g/mol. The summed E-state index contributed by atoms with van der Waals surface area (Å²) < 4.78 is 0. The second kappa shape index (κ2) is 6.95. The fraction of sp³-hybridized carbons (Fsp3) is 0.444. The van der Waals surface area contributed by atoms with Crippen molar-refractivity contribution >= 4 is 11.7 Å². The number of nitrogens with zero attached hydrogens (tertiary/aromatic N) is 4. The molecule has 2 aromatic heterocycles. The molecule has 1 N–H and O–H groups in total. The maximum absolute atomic E-state index is 11.7. The first-order chi connectivity index (χ1) is 11.5. The highest BCUT2D eigenvalue weighted by molar-refractivity contribution is 5.74. The van der Waals surface area contributed by atoms with Crippen molar-refractivity contribution in [1.29, 1.82) is 0 Å². The molecule has 1 amide bonds. The zero-order chi connectivity index (χ0) is 17.1. The Balaban J connectivity index is 2.01. The lowest BCUT2D eigenvalue weighted by molar-refractivity contribution is -0.129. The zero-order valence-electron chi connectivity index (χ0n) is 14.4. The highest BCUT2D eigenvalue weighted by Crippen LogP contribution is 2.27. The van der Waals surface area contributed by atoms with Gasteiger partial charge in [0.15, 0.2) is 5.82 Å². The summed E-state index contributed by atoms with van der Waals surface area (Å²) in [6, 6.07) is 3.83. The van der Waals surface area contributed by atoms with Crippen molar-refractivity contribution in [2.24, 2.45) is 5.92 Å². The Labute approximate surface area is 142 Å². The van der Waals surface area contributed by atoms with Gasteiger partial charge in [-0.05, 0) is 24.5 Å². The molecule has 0 aromatic carbocycles. The number of pyridine rings is 1. The summed E-state index contributed by atoms with van der Waals surface area (Å²) in [5.41, 5.74) is 2.94. The van der Waals surface area contributed by atoms with Gasteiger partial charge in [0.25, 0.3) is 0 Å². The van der Waals surface area contributed by atoms with Crippen LogP contribution >= 0.6 is 0 Å². The van der Waals surface area contributed by atoms with Crippen LogP contribution in [0.15, 0.2) is 24.5 Å². The van der Waals surface area contributed by atoms with E-state index >= 15 is 0 Å². The van der Waals surface area contributed by atoms with Crippen LogP contribution in [-0.2, 0) is 17.8 Å². The van der Waals surface area contributed by atoms with E-state index in [9.17, 15) is 4.79 Å². The largest absolute Gasteiger partial charge is 0.369 e. The number of nitrogens with one attached hydrogen (secondary N) is 1. The first-order valence-electron chi connectivity index (χ1n) is 8.34. The minimum atomic E-state index is 0.0823. The molecular weight excluding hydrogens is 302 g/mol. The van der Waals surface area contributed by atoms with Crippen molar-refractivity contribution in [1.82, 2.24) is 19.9 Å². The number of hydrogen-bond acceptors (Lipinski definition) is 5. The lowest BCUT2D eigenvalue weighted by atomic mass is 10.0. The van der Waals surface area contributed by atoms with Gasteiger partial charge in [-0.25, -0.2) is 9.97 Å². The van der Waals surface area contributed by atoms with E-state index in [0.717, 1.165) is 35.6 Å². The first-order valence-corrected chi connectivity index (χ1v) is 8.34. The highest BCUT2D eigenvalue weighted by Gasteiger charge is 2.24. The molecule has 24 heavy (non-hydrogen) atoms. The van der Waals surface area contributed by atoms with E-state index in [4.69, 9.17) is 9.97 Å². The SMILES string of the molecule is CC(=O)N1CCc2c(nc(-c3cccnc3)nc2NCC(C)C)C1. The van der Waals surface area contributed by atoms with Crippen LogP contribution in [0.25, 0.3) is 11.4 Å². The Morgan fingerprint density at radius 1 is 1.38 bits per heavy atom. The number of anilines is 1. The van der Waals surface area contributed by atoms with Crippen LogP contribution in [0.2, 0.25) is 0 Å². The maximum atomic E-state index is 11.7. The number of hydrogen-bond donors (Lipinski definition) is 1. The van der Waals surface area contributed by atoms with Gasteiger partial charge in [0.1, 0.15) is 5.82 Å². The molecule has 3 heterocycles. The van der Waals surface area contributed by atoms with Gasteiger partial charge < -0.3 is 10.2 Å². The Morgan fingerprint density at radius 3 is 2.88 bits per heavy atom. The lowest BCUT2D eigenvalue weighted by Gasteiger charge is -2.29. The molecule has 0 saturated heterocycles. The number of fused-ring (bicyclic) bond motifs is 1. The molecule has 1 aliphatic rings. The molecule has 0 bridgehead atoms. The minimum absolute atomic E-state index is 0.0823. The summed E-state index contributed by atoms with van der Waals surface area (Å²) in [5.74, 6) is 2.14. The summed E-state index contributed by atoms with van der Waals surface area (Å²) in [7, 11) is 0. The molecule has 6 heteroatoms. The molecule has 1 aliphatic heterocycles. The topological polar surface area (TPSA) is 71.0 Å². The normalized spacial score (nSPS) is 13.8. The van der Waals surface area contributed by atoms with Gasteiger partial charge in [0.05, 0.1) is 12.2 Å². The maximum Gasteiger partial charge on any atom is 0.219 e. The standard InChI is InChI=1S/C18H23N5O/c1-12(2)9-20-18-15-6-8-23(13(3)24)11-16(15)21-17(22-18)14-5-4-7-19-10-14/h4-5,7,10,12H,6,8-9,11H2,1-3H3,(H,20,21,22). The number of carbonyl (C=O) groups excluding carboxylic acids is 1. The van der Waals surface area contributed by atoms with Gasteiger partial charge in [-0.15, -0.1) is 0 Å². The van der Waals surface area contributed by atoms with E-state index < -0.39 is 0 Å². The summed E-state index contributed by atoms with van der Waals surface area (Å²) in [6.07, 6.45) is 4.28. The van der Waals surface area contributed by atoms with E-state index in [1.54, 1.807) is 19.3 Å². The van der Waals surface area contributed by atoms with E-state index in [1.165, 1.54) is 0 Å². The third-order valence-electron chi connectivity index (χ3n) is 4.11. The van der Waals surface area contributed by atoms with E-state index in [1.807, 2.05) is 17.0 Å². The molecule has 6 nitrogen and oxygen atoms in total. The average molecular weight is 325 g/mol. The summed E-state index contributed by atoms with van der Waals surface area (Å²) >= 11 is 0. The van der Waals surface area contributed by atoms with E-state index in [2.05, 4.69) is 24.1 Å². The summed E-state index contributed by atoms with van der Waals surface area (Å²) in [5, 5.41) is 3.45. The lowest BCUT2D eigenvalue weighted by Crippen LogP contribution is -2.35. The van der Waals surface area contributed by atoms with Gasteiger partial charge in [0, 0.05) is 43.5 Å². The average Bonchev–Trinajstić information content (AvgIpc) is 2.59. The third kappa shape index (κ3) is 3.53. The third-order valence-corrected chi connectivity index (χ3v) is 4.11. The molecule has 0 atom stereocenters. The minimum Gasteiger partial charge on any atom is -0.369 e. The first kappa shape index (κ1) is 16.4. The van der Waals surface area contributed by atoms with Crippen molar-refractivity contribution in [2.45, 2.75) is 33.7 Å².